The third-order valence-corrected chi connectivity index (χ3v) is 4.88. The van der Waals surface area contributed by atoms with Crippen molar-refractivity contribution in [1.29, 1.82) is 0 Å². The van der Waals surface area contributed by atoms with Gasteiger partial charge >= 0.3 is 0 Å². The number of hydrogen-bond acceptors (Lipinski definition) is 3. The maximum Gasteiger partial charge on any atom is 0.220 e. The number of amides is 1. The number of carbonyl (C=O) groups excluding carboxylic acids is 1. The van der Waals surface area contributed by atoms with E-state index in [1.807, 2.05) is 12.1 Å². The van der Waals surface area contributed by atoms with Crippen LogP contribution in [0.3, 0.4) is 0 Å². The molecule has 4 nitrogen and oxygen atoms in total. The predicted octanol–water partition coefficient (Wildman–Crippen LogP) is 1.99. The highest BCUT2D eigenvalue weighted by atomic mass is 19.1. The van der Waals surface area contributed by atoms with Crippen LogP contribution in [-0.4, -0.2) is 41.1 Å². The number of fused-ring (bicyclic) bond motifs is 1. The first-order valence-electron chi connectivity index (χ1n) is 8.10. The Hall–Kier alpha value is -1.46. The minimum atomic E-state index is -0.241. The summed E-state index contributed by atoms with van der Waals surface area (Å²) < 4.78 is 13.2. The van der Waals surface area contributed by atoms with Crippen LogP contribution < -0.4 is 5.32 Å². The fraction of sp³-hybridized carbons (Fsp3) is 0.588. The Balaban J connectivity index is 1.85. The van der Waals surface area contributed by atoms with Gasteiger partial charge in [0.25, 0.3) is 0 Å². The summed E-state index contributed by atoms with van der Waals surface area (Å²) in [6.07, 6.45) is 4.41. The lowest BCUT2D eigenvalue weighted by molar-refractivity contribution is -0.122. The van der Waals surface area contributed by atoms with Crippen LogP contribution in [0.5, 0.6) is 0 Å². The van der Waals surface area contributed by atoms with Crippen LogP contribution >= 0.6 is 0 Å². The number of rotatable bonds is 3. The van der Waals surface area contributed by atoms with Gasteiger partial charge in [0.05, 0.1) is 6.61 Å². The fourth-order valence-electron chi connectivity index (χ4n) is 3.88. The zero-order valence-electron chi connectivity index (χ0n) is 12.7. The monoisotopic (exact) mass is 306 g/mol. The molecule has 2 aliphatic rings. The molecular weight excluding hydrogens is 283 g/mol. The van der Waals surface area contributed by atoms with E-state index in [1.54, 1.807) is 0 Å². The average molecular weight is 306 g/mol. The van der Waals surface area contributed by atoms with Gasteiger partial charge in [0.15, 0.2) is 0 Å². The van der Waals surface area contributed by atoms with Gasteiger partial charge in [-0.25, -0.2) is 4.39 Å². The Morgan fingerprint density at radius 3 is 2.77 bits per heavy atom. The van der Waals surface area contributed by atoms with Crippen molar-refractivity contribution in [1.82, 2.24) is 10.2 Å². The van der Waals surface area contributed by atoms with Gasteiger partial charge in [-0.15, -0.1) is 0 Å². The molecule has 5 heteroatoms. The van der Waals surface area contributed by atoms with E-state index >= 15 is 0 Å². The molecule has 22 heavy (non-hydrogen) atoms. The van der Waals surface area contributed by atoms with Gasteiger partial charge in [-0.05, 0) is 37.0 Å². The number of hydrogen-bond donors (Lipinski definition) is 2. The molecule has 1 aromatic carbocycles. The number of nitrogens with zero attached hydrogens (tertiary/aromatic N) is 1. The zero-order valence-corrected chi connectivity index (χ0v) is 12.7. The first kappa shape index (κ1) is 15.4. The molecular formula is C17H23FN2O2. The van der Waals surface area contributed by atoms with Crippen molar-refractivity contribution >= 4 is 5.91 Å². The standard InChI is InChI=1S/C17H23FN2O2/c18-13-7-5-12(6-8-13)16-11-14-15(20(16)9-10-21)3-1-2-4-17(22)19-14/h5-8,14-16,21H,1-4,9-11H2,(H,19,22)/t14-,15+,16+/m1/s1. The quantitative estimate of drug-likeness (QED) is 0.898. The normalized spacial score (nSPS) is 29.5. The molecule has 0 aliphatic carbocycles. The number of likely N-dealkylation sites (tertiary alicyclic amines) is 1. The van der Waals surface area contributed by atoms with Crippen molar-refractivity contribution in [3.8, 4) is 0 Å². The Morgan fingerprint density at radius 2 is 2.05 bits per heavy atom. The Kier molecular flexibility index (Phi) is 4.74. The minimum absolute atomic E-state index is 0.0921. The van der Waals surface area contributed by atoms with E-state index in [9.17, 15) is 14.3 Å². The molecule has 3 rings (SSSR count). The van der Waals surface area contributed by atoms with Crippen LogP contribution in [0, 0.1) is 5.82 Å². The van der Waals surface area contributed by atoms with Crippen molar-refractivity contribution in [2.24, 2.45) is 0 Å². The first-order valence-corrected chi connectivity index (χ1v) is 8.10. The fourth-order valence-corrected chi connectivity index (χ4v) is 3.88. The van der Waals surface area contributed by atoms with Crippen LogP contribution in [0.15, 0.2) is 24.3 Å². The molecule has 3 atom stereocenters. The number of aliphatic hydroxyl groups excluding tert-OH is 1. The Labute approximate surface area is 130 Å². The van der Waals surface area contributed by atoms with Crippen molar-refractivity contribution in [2.75, 3.05) is 13.2 Å². The van der Waals surface area contributed by atoms with Gasteiger partial charge in [0.1, 0.15) is 5.82 Å². The molecule has 0 bridgehead atoms. The summed E-state index contributed by atoms with van der Waals surface area (Å²) in [5.74, 6) is -0.117. The van der Waals surface area contributed by atoms with E-state index < -0.39 is 0 Å². The highest BCUT2D eigenvalue weighted by molar-refractivity contribution is 5.76. The number of β-amino-alcohol motifs (C(OH)–C–C–N with tert-alkyl or cyclic N) is 1. The third kappa shape index (κ3) is 3.15. The molecule has 2 heterocycles. The summed E-state index contributed by atoms with van der Waals surface area (Å²) in [5.41, 5.74) is 1.05. The van der Waals surface area contributed by atoms with Crippen molar-refractivity contribution < 1.29 is 14.3 Å². The lowest BCUT2D eigenvalue weighted by Crippen LogP contribution is -2.46. The molecule has 2 N–H and O–H groups in total. The molecule has 0 radical (unpaired) electrons. The van der Waals surface area contributed by atoms with Gasteiger partial charge in [-0.3, -0.25) is 9.69 Å². The van der Waals surface area contributed by atoms with E-state index in [0.29, 0.717) is 13.0 Å². The molecule has 0 saturated carbocycles. The molecule has 1 aromatic rings. The second-order valence-corrected chi connectivity index (χ2v) is 6.25. The second kappa shape index (κ2) is 6.75. The van der Waals surface area contributed by atoms with E-state index in [1.165, 1.54) is 12.1 Å². The van der Waals surface area contributed by atoms with E-state index in [2.05, 4.69) is 10.2 Å². The summed E-state index contributed by atoms with van der Waals surface area (Å²) >= 11 is 0. The van der Waals surface area contributed by atoms with Crippen LogP contribution in [0.4, 0.5) is 4.39 Å². The van der Waals surface area contributed by atoms with Crippen LogP contribution in [0.1, 0.15) is 43.7 Å². The first-order chi connectivity index (χ1) is 10.7. The number of aliphatic hydroxyl groups is 1. The molecule has 0 spiro atoms. The SMILES string of the molecule is O=C1CCCC[C@H]2[C@@H](C[C@@H](c3ccc(F)cc3)N2CCO)N1. The maximum atomic E-state index is 13.2. The van der Waals surface area contributed by atoms with E-state index in [0.717, 1.165) is 31.2 Å². The number of halogens is 1. The Morgan fingerprint density at radius 1 is 1.27 bits per heavy atom. The smallest absolute Gasteiger partial charge is 0.220 e. The van der Waals surface area contributed by atoms with Crippen LogP contribution in [0.2, 0.25) is 0 Å². The van der Waals surface area contributed by atoms with Gasteiger partial charge in [-0.1, -0.05) is 18.6 Å². The molecule has 0 aromatic heterocycles. The molecule has 0 unspecified atom stereocenters. The second-order valence-electron chi connectivity index (χ2n) is 6.25. The Bertz CT molecular complexity index is 520. The van der Waals surface area contributed by atoms with E-state index in [4.69, 9.17) is 0 Å². The van der Waals surface area contributed by atoms with Gasteiger partial charge in [0.2, 0.25) is 5.91 Å². The van der Waals surface area contributed by atoms with E-state index in [-0.39, 0.29) is 36.5 Å². The molecule has 2 fully saturated rings. The summed E-state index contributed by atoms with van der Waals surface area (Å²) in [4.78, 5) is 14.2. The van der Waals surface area contributed by atoms with Gasteiger partial charge < -0.3 is 10.4 Å². The van der Waals surface area contributed by atoms with Gasteiger partial charge in [0, 0.05) is 31.1 Å². The summed E-state index contributed by atoms with van der Waals surface area (Å²) in [7, 11) is 0. The third-order valence-electron chi connectivity index (χ3n) is 4.88. The predicted molar refractivity (Wildman–Crippen MR) is 81.7 cm³/mol. The molecule has 2 aliphatic heterocycles. The lowest BCUT2D eigenvalue weighted by Gasteiger charge is -2.32. The zero-order chi connectivity index (χ0) is 15.5. The number of carbonyl (C=O) groups is 1. The molecule has 2 saturated heterocycles. The van der Waals surface area contributed by atoms with Crippen LogP contribution in [-0.2, 0) is 4.79 Å². The highest BCUT2D eigenvalue weighted by Crippen LogP contribution is 2.38. The van der Waals surface area contributed by atoms with Crippen molar-refractivity contribution in [2.45, 2.75) is 50.2 Å². The van der Waals surface area contributed by atoms with Gasteiger partial charge in [-0.2, -0.15) is 0 Å². The summed E-state index contributed by atoms with van der Waals surface area (Å²) in [5, 5.41) is 12.6. The maximum absolute atomic E-state index is 13.2. The van der Waals surface area contributed by atoms with Crippen molar-refractivity contribution in [3.63, 3.8) is 0 Å². The highest BCUT2D eigenvalue weighted by Gasteiger charge is 2.42. The minimum Gasteiger partial charge on any atom is -0.395 e. The largest absolute Gasteiger partial charge is 0.395 e. The summed E-state index contributed by atoms with van der Waals surface area (Å²) in [6.45, 7) is 0.675. The lowest BCUT2D eigenvalue weighted by atomic mass is 9.97. The number of benzene rings is 1. The topological polar surface area (TPSA) is 52.6 Å². The summed E-state index contributed by atoms with van der Waals surface area (Å²) in [6, 6.07) is 7.08. The van der Waals surface area contributed by atoms with Crippen LogP contribution in [0.25, 0.3) is 0 Å². The number of nitrogens with one attached hydrogen (secondary N) is 1. The average Bonchev–Trinajstić information content (AvgIpc) is 2.80. The molecule has 120 valence electrons. The van der Waals surface area contributed by atoms with Crippen molar-refractivity contribution in [3.05, 3.63) is 35.6 Å². The molecule has 1 amide bonds.